The zero-order valence-corrected chi connectivity index (χ0v) is 14.3. The molecule has 2 heterocycles. The number of hydrogen-bond donors (Lipinski definition) is 1. The van der Waals surface area contributed by atoms with Crippen LogP contribution in [-0.4, -0.2) is 20.7 Å². The SMILES string of the molecule is Cc1nnc(-c2cn(CC(=O)NCc3ccccc3)c3ccccc23)o1. The van der Waals surface area contributed by atoms with Crippen molar-refractivity contribution in [3.8, 4) is 11.5 Å². The molecule has 6 nitrogen and oxygen atoms in total. The maximum Gasteiger partial charge on any atom is 0.249 e. The zero-order valence-electron chi connectivity index (χ0n) is 14.3. The van der Waals surface area contributed by atoms with Crippen molar-refractivity contribution < 1.29 is 9.21 Å². The second-order valence-electron chi connectivity index (χ2n) is 6.08. The van der Waals surface area contributed by atoms with Crippen molar-refractivity contribution in [2.45, 2.75) is 20.0 Å². The Morgan fingerprint density at radius 3 is 2.62 bits per heavy atom. The molecular weight excluding hydrogens is 328 g/mol. The van der Waals surface area contributed by atoms with E-state index in [2.05, 4.69) is 15.5 Å². The molecule has 0 aliphatic heterocycles. The molecule has 4 rings (SSSR count). The van der Waals surface area contributed by atoms with E-state index in [-0.39, 0.29) is 12.5 Å². The van der Waals surface area contributed by atoms with Crippen molar-refractivity contribution >= 4 is 16.8 Å². The lowest BCUT2D eigenvalue weighted by Gasteiger charge is -2.07. The second-order valence-corrected chi connectivity index (χ2v) is 6.08. The van der Waals surface area contributed by atoms with Gasteiger partial charge in [0.25, 0.3) is 0 Å². The molecule has 26 heavy (non-hydrogen) atoms. The maximum atomic E-state index is 12.4. The molecule has 0 fully saturated rings. The molecule has 0 radical (unpaired) electrons. The van der Waals surface area contributed by atoms with E-state index in [4.69, 9.17) is 4.42 Å². The van der Waals surface area contributed by atoms with Gasteiger partial charge in [-0.05, 0) is 11.6 Å². The van der Waals surface area contributed by atoms with Gasteiger partial charge >= 0.3 is 0 Å². The molecule has 0 aliphatic rings. The summed E-state index contributed by atoms with van der Waals surface area (Å²) in [6, 6.07) is 17.7. The van der Waals surface area contributed by atoms with E-state index >= 15 is 0 Å². The summed E-state index contributed by atoms with van der Waals surface area (Å²) in [5.41, 5.74) is 2.85. The molecule has 1 N–H and O–H groups in total. The van der Waals surface area contributed by atoms with Crippen molar-refractivity contribution in [1.29, 1.82) is 0 Å². The molecule has 0 bridgehead atoms. The topological polar surface area (TPSA) is 73.0 Å². The largest absolute Gasteiger partial charge is 0.421 e. The van der Waals surface area contributed by atoms with Crippen LogP contribution >= 0.6 is 0 Å². The summed E-state index contributed by atoms with van der Waals surface area (Å²) in [5.74, 6) is 0.919. The van der Waals surface area contributed by atoms with Gasteiger partial charge in [0.05, 0.1) is 5.56 Å². The highest BCUT2D eigenvalue weighted by Crippen LogP contribution is 2.29. The summed E-state index contributed by atoms with van der Waals surface area (Å²) >= 11 is 0. The van der Waals surface area contributed by atoms with E-state index in [9.17, 15) is 4.79 Å². The van der Waals surface area contributed by atoms with Crippen LogP contribution < -0.4 is 5.32 Å². The van der Waals surface area contributed by atoms with Crippen LogP contribution in [-0.2, 0) is 17.9 Å². The second kappa shape index (κ2) is 6.84. The first-order valence-electron chi connectivity index (χ1n) is 8.39. The average molecular weight is 346 g/mol. The molecule has 0 saturated heterocycles. The maximum absolute atomic E-state index is 12.4. The third kappa shape index (κ3) is 3.21. The van der Waals surface area contributed by atoms with Crippen LogP contribution in [0, 0.1) is 6.92 Å². The molecule has 1 amide bonds. The quantitative estimate of drug-likeness (QED) is 0.602. The molecule has 130 valence electrons. The predicted octanol–water partition coefficient (Wildman–Crippen LogP) is 3.32. The number of fused-ring (bicyclic) bond motifs is 1. The number of carbonyl (C=O) groups is 1. The van der Waals surface area contributed by atoms with E-state index in [0.29, 0.717) is 18.3 Å². The summed E-state index contributed by atoms with van der Waals surface area (Å²) in [4.78, 5) is 12.4. The van der Waals surface area contributed by atoms with Gasteiger partial charge in [0.15, 0.2) is 0 Å². The standard InChI is InChI=1S/C20H18N4O2/c1-14-22-23-20(26-14)17-12-24(18-10-6-5-9-16(17)18)13-19(25)21-11-15-7-3-2-4-8-15/h2-10,12H,11,13H2,1H3,(H,21,25). The minimum absolute atomic E-state index is 0.0529. The van der Waals surface area contributed by atoms with Gasteiger partial charge in [-0.25, -0.2) is 0 Å². The molecule has 2 aromatic carbocycles. The fraction of sp³-hybridized carbons (Fsp3) is 0.150. The van der Waals surface area contributed by atoms with Gasteiger partial charge in [0.2, 0.25) is 17.7 Å². The van der Waals surface area contributed by atoms with Gasteiger partial charge < -0.3 is 14.3 Å². The van der Waals surface area contributed by atoms with Crippen molar-refractivity contribution in [2.24, 2.45) is 0 Å². The van der Waals surface area contributed by atoms with Crippen molar-refractivity contribution in [1.82, 2.24) is 20.1 Å². The van der Waals surface area contributed by atoms with E-state index < -0.39 is 0 Å². The Balaban J connectivity index is 1.57. The molecule has 0 unspecified atom stereocenters. The number of nitrogens with zero attached hydrogens (tertiary/aromatic N) is 3. The molecule has 6 heteroatoms. The number of nitrogens with one attached hydrogen (secondary N) is 1. The average Bonchev–Trinajstić information content (AvgIpc) is 3.25. The highest BCUT2D eigenvalue weighted by molar-refractivity contribution is 5.94. The van der Waals surface area contributed by atoms with Gasteiger partial charge in [0, 0.05) is 30.6 Å². The first-order chi connectivity index (χ1) is 12.7. The first kappa shape index (κ1) is 16.1. The van der Waals surface area contributed by atoms with E-state index in [1.54, 1.807) is 6.92 Å². The molecular formula is C20H18N4O2. The molecule has 0 spiro atoms. The Labute approximate surface area is 150 Å². The lowest BCUT2D eigenvalue weighted by atomic mass is 10.2. The number of amides is 1. The number of aromatic nitrogens is 3. The van der Waals surface area contributed by atoms with Crippen molar-refractivity contribution in [3.05, 3.63) is 72.2 Å². The van der Waals surface area contributed by atoms with Gasteiger partial charge in [0.1, 0.15) is 6.54 Å². The summed E-state index contributed by atoms with van der Waals surface area (Å²) in [7, 11) is 0. The van der Waals surface area contributed by atoms with Crippen LogP contribution in [0.15, 0.2) is 65.2 Å². The lowest BCUT2D eigenvalue weighted by Crippen LogP contribution is -2.26. The fourth-order valence-corrected chi connectivity index (χ4v) is 2.96. The van der Waals surface area contributed by atoms with Crippen LogP contribution in [0.25, 0.3) is 22.4 Å². The van der Waals surface area contributed by atoms with Gasteiger partial charge in [-0.15, -0.1) is 10.2 Å². The molecule has 2 aromatic heterocycles. The van der Waals surface area contributed by atoms with Crippen LogP contribution in [0.3, 0.4) is 0 Å². The van der Waals surface area contributed by atoms with E-state index in [1.807, 2.05) is 65.4 Å². The molecule has 0 aliphatic carbocycles. The van der Waals surface area contributed by atoms with Crippen LogP contribution in [0.5, 0.6) is 0 Å². The van der Waals surface area contributed by atoms with E-state index in [0.717, 1.165) is 22.0 Å². The Morgan fingerprint density at radius 2 is 1.85 bits per heavy atom. The number of hydrogen-bond acceptors (Lipinski definition) is 4. The highest BCUT2D eigenvalue weighted by Gasteiger charge is 2.16. The minimum atomic E-state index is -0.0529. The number of carbonyl (C=O) groups excluding carboxylic acids is 1. The van der Waals surface area contributed by atoms with E-state index in [1.165, 1.54) is 0 Å². The van der Waals surface area contributed by atoms with Crippen LogP contribution in [0.2, 0.25) is 0 Å². The number of aryl methyl sites for hydroxylation is 1. The summed E-state index contributed by atoms with van der Waals surface area (Å²) in [6.07, 6.45) is 1.89. The smallest absolute Gasteiger partial charge is 0.249 e. The van der Waals surface area contributed by atoms with Gasteiger partial charge in [-0.3, -0.25) is 4.79 Å². The summed E-state index contributed by atoms with van der Waals surface area (Å²) < 4.78 is 7.47. The zero-order chi connectivity index (χ0) is 17.9. The third-order valence-electron chi connectivity index (χ3n) is 4.19. The first-order valence-corrected chi connectivity index (χ1v) is 8.39. The fourth-order valence-electron chi connectivity index (χ4n) is 2.96. The molecule has 0 atom stereocenters. The Bertz CT molecular complexity index is 1050. The van der Waals surface area contributed by atoms with Crippen molar-refractivity contribution in [3.63, 3.8) is 0 Å². The van der Waals surface area contributed by atoms with Crippen LogP contribution in [0.4, 0.5) is 0 Å². The number of rotatable bonds is 5. The summed E-state index contributed by atoms with van der Waals surface area (Å²) in [5, 5.41) is 11.9. The predicted molar refractivity (Wildman–Crippen MR) is 98.3 cm³/mol. The Morgan fingerprint density at radius 1 is 1.08 bits per heavy atom. The monoisotopic (exact) mass is 346 g/mol. The highest BCUT2D eigenvalue weighted by atomic mass is 16.4. The van der Waals surface area contributed by atoms with Crippen molar-refractivity contribution in [2.75, 3.05) is 0 Å². The minimum Gasteiger partial charge on any atom is -0.421 e. The Kier molecular flexibility index (Phi) is 4.23. The number of para-hydroxylation sites is 1. The molecule has 4 aromatic rings. The third-order valence-corrected chi connectivity index (χ3v) is 4.19. The lowest BCUT2D eigenvalue weighted by molar-refractivity contribution is -0.121. The summed E-state index contributed by atoms with van der Waals surface area (Å²) in [6.45, 7) is 2.49. The van der Waals surface area contributed by atoms with Gasteiger partial charge in [-0.1, -0.05) is 48.5 Å². The van der Waals surface area contributed by atoms with Crippen LogP contribution in [0.1, 0.15) is 11.5 Å². The normalized spacial score (nSPS) is 11.0. The Hall–Kier alpha value is -3.41. The van der Waals surface area contributed by atoms with Gasteiger partial charge in [-0.2, -0.15) is 0 Å². The molecule has 0 saturated carbocycles. The number of benzene rings is 2.